The first kappa shape index (κ1) is 15.0. The SMILES string of the molecule is CCC1CC[C@@]2(C)CC[C@H]3[C@@H](CCC4=CC(=O)CC[C@@]43C)[C@H]12. The van der Waals surface area contributed by atoms with E-state index in [0.717, 1.165) is 36.5 Å². The molecule has 0 aromatic heterocycles. The lowest BCUT2D eigenvalue weighted by Gasteiger charge is -2.58. The fraction of sp³-hybridized carbons (Fsp3) is 0.857. The summed E-state index contributed by atoms with van der Waals surface area (Å²) in [7, 11) is 0. The predicted octanol–water partition coefficient (Wildman–Crippen LogP) is 5.54. The highest BCUT2D eigenvalue weighted by molar-refractivity contribution is 5.91. The van der Waals surface area contributed by atoms with Gasteiger partial charge in [0.05, 0.1) is 0 Å². The number of ketones is 1. The summed E-state index contributed by atoms with van der Waals surface area (Å²) in [4.78, 5) is 11.9. The molecule has 0 aromatic rings. The third-order valence-electron chi connectivity index (χ3n) is 8.45. The van der Waals surface area contributed by atoms with Crippen molar-refractivity contribution in [3.8, 4) is 0 Å². The fourth-order valence-corrected chi connectivity index (χ4v) is 7.25. The van der Waals surface area contributed by atoms with Gasteiger partial charge in [-0.3, -0.25) is 4.79 Å². The number of fused-ring (bicyclic) bond motifs is 5. The fourth-order valence-electron chi connectivity index (χ4n) is 7.25. The first-order valence-electron chi connectivity index (χ1n) is 9.72. The van der Waals surface area contributed by atoms with Crippen LogP contribution in [0.25, 0.3) is 0 Å². The van der Waals surface area contributed by atoms with E-state index in [1.807, 2.05) is 6.08 Å². The molecule has 0 saturated heterocycles. The van der Waals surface area contributed by atoms with Crippen LogP contribution in [-0.4, -0.2) is 5.78 Å². The van der Waals surface area contributed by atoms with Crippen molar-refractivity contribution in [2.24, 2.45) is 34.5 Å². The Morgan fingerprint density at radius 1 is 1.09 bits per heavy atom. The molecule has 122 valence electrons. The molecule has 1 nitrogen and oxygen atoms in total. The molecule has 4 aliphatic carbocycles. The van der Waals surface area contributed by atoms with Gasteiger partial charge in [-0.2, -0.15) is 0 Å². The molecule has 0 N–H and O–H groups in total. The predicted molar refractivity (Wildman–Crippen MR) is 90.5 cm³/mol. The minimum absolute atomic E-state index is 0.346. The molecule has 6 atom stereocenters. The molecule has 0 radical (unpaired) electrons. The van der Waals surface area contributed by atoms with Crippen LogP contribution in [0, 0.1) is 34.5 Å². The molecule has 4 rings (SSSR count). The second-order valence-corrected chi connectivity index (χ2v) is 9.29. The van der Waals surface area contributed by atoms with Crippen LogP contribution in [0.5, 0.6) is 0 Å². The van der Waals surface area contributed by atoms with Crippen molar-refractivity contribution in [2.75, 3.05) is 0 Å². The van der Waals surface area contributed by atoms with Crippen molar-refractivity contribution in [3.63, 3.8) is 0 Å². The molecule has 0 spiro atoms. The van der Waals surface area contributed by atoms with Gasteiger partial charge in [0.2, 0.25) is 0 Å². The standard InChI is InChI=1S/C21H32O/c1-4-14-7-10-20(2)11-9-18-17(19(14)20)6-5-15-13-16(22)8-12-21(15,18)3/h13-14,17-19H,4-12H2,1-3H3/t14?,17-,18+,19+,20+,21+/m1/s1. The van der Waals surface area contributed by atoms with E-state index in [1.54, 1.807) is 0 Å². The topological polar surface area (TPSA) is 17.1 Å². The van der Waals surface area contributed by atoms with E-state index in [-0.39, 0.29) is 0 Å². The van der Waals surface area contributed by atoms with E-state index in [9.17, 15) is 4.79 Å². The third kappa shape index (κ3) is 1.93. The van der Waals surface area contributed by atoms with Gasteiger partial charge >= 0.3 is 0 Å². The van der Waals surface area contributed by atoms with Crippen LogP contribution in [0.1, 0.15) is 78.6 Å². The van der Waals surface area contributed by atoms with E-state index >= 15 is 0 Å². The molecule has 0 aliphatic heterocycles. The molecule has 0 amide bonds. The normalized spacial score (nSPS) is 50.9. The second-order valence-electron chi connectivity index (χ2n) is 9.29. The van der Waals surface area contributed by atoms with Gasteiger partial charge in [-0.05, 0) is 85.5 Å². The van der Waals surface area contributed by atoms with Crippen molar-refractivity contribution in [2.45, 2.75) is 78.6 Å². The van der Waals surface area contributed by atoms with E-state index in [1.165, 1.54) is 50.5 Å². The van der Waals surface area contributed by atoms with E-state index < -0.39 is 0 Å². The van der Waals surface area contributed by atoms with Crippen LogP contribution in [0.2, 0.25) is 0 Å². The van der Waals surface area contributed by atoms with Crippen molar-refractivity contribution in [1.82, 2.24) is 0 Å². The minimum Gasteiger partial charge on any atom is -0.295 e. The molecule has 0 heterocycles. The Balaban J connectivity index is 1.70. The van der Waals surface area contributed by atoms with Gasteiger partial charge in [0.1, 0.15) is 0 Å². The lowest BCUT2D eigenvalue weighted by molar-refractivity contribution is -0.117. The highest BCUT2D eigenvalue weighted by Crippen LogP contribution is 2.66. The van der Waals surface area contributed by atoms with Gasteiger partial charge in [0.15, 0.2) is 5.78 Å². The molecule has 3 saturated carbocycles. The van der Waals surface area contributed by atoms with Crippen LogP contribution in [0.3, 0.4) is 0 Å². The van der Waals surface area contributed by atoms with E-state index in [0.29, 0.717) is 16.6 Å². The molecular formula is C21H32O. The molecule has 0 aromatic carbocycles. The minimum atomic E-state index is 0.346. The summed E-state index contributed by atoms with van der Waals surface area (Å²) in [5, 5.41) is 0. The third-order valence-corrected chi connectivity index (χ3v) is 8.45. The Kier molecular flexibility index (Phi) is 3.37. The first-order valence-corrected chi connectivity index (χ1v) is 9.72. The number of carbonyl (C=O) groups is 1. The summed E-state index contributed by atoms with van der Waals surface area (Å²) in [6.07, 6.45) is 13.7. The highest BCUT2D eigenvalue weighted by atomic mass is 16.1. The van der Waals surface area contributed by atoms with E-state index in [4.69, 9.17) is 0 Å². The Labute approximate surface area is 135 Å². The zero-order chi connectivity index (χ0) is 15.5. The largest absolute Gasteiger partial charge is 0.295 e. The zero-order valence-corrected chi connectivity index (χ0v) is 14.7. The summed E-state index contributed by atoms with van der Waals surface area (Å²) >= 11 is 0. The van der Waals surface area contributed by atoms with Gasteiger partial charge in [-0.1, -0.05) is 32.8 Å². The Bertz CT molecular complexity index is 518. The summed E-state index contributed by atoms with van der Waals surface area (Å²) in [5.74, 6) is 4.11. The second kappa shape index (κ2) is 4.95. The van der Waals surface area contributed by atoms with Gasteiger partial charge in [-0.15, -0.1) is 0 Å². The monoisotopic (exact) mass is 300 g/mol. The maximum absolute atomic E-state index is 11.9. The summed E-state index contributed by atoms with van der Waals surface area (Å²) in [6.45, 7) is 7.51. The smallest absolute Gasteiger partial charge is 0.155 e. The van der Waals surface area contributed by atoms with Gasteiger partial charge < -0.3 is 0 Å². The Morgan fingerprint density at radius 3 is 2.64 bits per heavy atom. The average Bonchev–Trinajstić information content (AvgIpc) is 2.85. The number of carbonyl (C=O) groups excluding carboxylic acids is 1. The number of rotatable bonds is 1. The van der Waals surface area contributed by atoms with Crippen LogP contribution < -0.4 is 0 Å². The van der Waals surface area contributed by atoms with Crippen molar-refractivity contribution in [1.29, 1.82) is 0 Å². The van der Waals surface area contributed by atoms with Gasteiger partial charge in [0.25, 0.3) is 0 Å². The summed E-state index contributed by atoms with van der Waals surface area (Å²) in [6, 6.07) is 0. The number of hydrogen-bond acceptors (Lipinski definition) is 1. The molecule has 0 bridgehead atoms. The van der Waals surface area contributed by atoms with E-state index in [2.05, 4.69) is 20.8 Å². The van der Waals surface area contributed by atoms with Gasteiger partial charge in [0, 0.05) is 6.42 Å². The molecule has 3 fully saturated rings. The lowest BCUT2D eigenvalue weighted by atomic mass is 9.46. The number of hydrogen-bond donors (Lipinski definition) is 0. The Morgan fingerprint density at radius 2 is 1.86 bits per heavy atom. The molecule has 4 aliphatic rings. The summed E-state index contributed by atoms with van der Waals surface area (Å²) < 4.78 is 0. The van der Waals surface area contributed by atoms with Crippen molar-refractivity contribution in [3.05, 3.63) is 11.6 Å². The molecule has 1 heteroatoms. The maximum atomic E-state index is 11.9. The molecular weight excluding hydrogens is 268 g/mol. The molecule has 22 heavy (non-hydrogen) atoms. The summed E-state index contributed by atoms with van der Waals surface area (Å²) in [5.41, 5.74) is 2.49. The average molecular weight is 300 g/mol. The van der Waals surface area contributed by atoms with Crippen molar-refractivity contribution >= 4 is 5.78 Å². The number of allylic oxidation sites excluding steroid dienone is 1. The maximum Gasteiger partial charge on any atom is 0.155 e. The molecule has 1 unspecified atom stereocenters. The Hall–Kier alpha value is -0.590. The zero-order valence-electron chi connectivity index (χ0n) is 14.7. The van der Waals surface area contributed by atoms with Gasteiger partial charge in [-0.25, -0.2) is 0 Å². The van der Waals surface area contributed by atoms with Crippen LogP contribution in [0.4, 0.5) is 0 Å². The first-order chi connectivity index (χ1) is 10.5. The lowest BCUT2D eigenvalue weighted by Crippen LogP contribution is -2.50. The van der Waals surface area contributed by atoms with Crippen LogP contribution >= 0.6 is 0 Å². The van der Waals surface area contributed by atoms with Crippen LogP contribution in [-0.2, 0) is 4.79 Å². The highest BCUT2D eigenvalue weighted by Gasteiger charge is 2.58. The van der Waals surface area contributed by atoms with Crippen molar-refractivity contribution < 1.29 is 4.79 Å². The quantitative estimate of drug-likeness (QED) is 0.621. The van der Waals surface area contributed by atoms with Crippen LogP contribution in [0.15, 0.2) is 11.6 Å².